The van der Waals surface area contributed by atoms with E-state index in [1.807, 2.05) is 35.8 Å². The van der Waals surface area contributed by atoms with Crippen molar-refractivity contribution in [1.29, 1.82) is 0 Å². The van der Waals surface area contributed by atoms with Crippen molar-refractivity contribution in [2.45, 2.75) is 51.6 Å². The molecule has 0 radical (unpaired) electrons. The zero-order chi connectivity index (χ0) is 24.0. The molecule has 0 saturated heterocycles. The number of carboxylic acid groups (broad SMARTS) is 1. The maximum absolute atomic E-state index is 14.3. The lowest BCUT2D eigenvalue weighted by Crippen LogP contribution is -2.26. The third-order valence-electron chi connectivity index (χ3n) is 6.71. The summed E-state index contributed by atoms with van der Waals surface area (Å²) in [5, 5.41) is 10.0. The van der Waals surface area contributed by atoms with Crippen molar-refractivity contribution < 1.29 is 23.4 Å². The molecule has 0 saturated carbocycles. The monoisotopic (exact) mass is 467 g/mol. The molecule has 0 bridgehead atoms. The van der Waals surface area contributed by atoms with Gasteiger partial charge in [0.05, 0.1) is 24.1 Å². The van der Waals surface area contributed by atoms with E-state index in [0.717, 1.165) is 39.8 Å². The highest BCUT2D eigenvalue weighted by Gasteiger charge is 2.37. The highest BCUT2D eigenvalue weighted by molar-refractivity contribution is 5.91. The molecule has 0 atom stereocenters. The number of halogens is 2. The highest BCUT2D eigenvalue weighted by Crippen LogP contribution is 2.40. The van der Waals surface area contributed by atoms with Crippen LogP contribution in [0.25, 0.3) is 33.3 Å². The molecule has 8 heteroatoms. The summed E-state index contributed by atoms with van der Waals surface area (Å²) in [6.07, 6.45) is -0.0610. The summed E-state index contributed by atoms with van der Waals surface area (Å²) in [6, 6.07) is 11.4. The van der Waals surface area contributed by atoms with Crippen LogP contribution in [-0.2, 0) is 41.9 Å². The van der Waals surface area contributed by atoms with Gasteiger partial charge in [-0.05, 0) is 54.8 Å². The molecule has 2 heterocycles. The first-order valence-corrected chi connectivity index (χ1v) is 11.5. The average molecular weight is 468 g/mol. The predicted octanol–water partition coefficient (Wildman–Crippen LogP) is 5.08. The minimum absolute atomic E-state index is 0.0763. The Labute approximate surface area is 195 Å². The number of methoxy groups -OCH3 is 1. The second kappa shape index (κ2) is 8.51. The summed E-state index contributed by atoms with van der Waals surface area (Å²) in [6.45, 7) is 3.81. The number of imidazole rings is 1. The number of benzene rings is 2. The first kappa shape index (κ1) is 22.5. The van der Waals surface area contributed by atoms with E-state index in [-0.39, 0.29) is 19.3 Å². The summed E-state index contributed by atoms with van der Waals surface area (Å²) in [5.74, 6) is -2.88. The Hall–Kier alpha value is -3.26. The van der Waals surface area contributed by atoms with Crippen molar-refractivity contribution >= 4 is 27.9 Å². The van der Waals surface area contributed by atoms with Crippen LogP contribution in [0.2, 0.25) is 0 Å². The number of carboxylic acids is 1. The molecule has 0 spiro atoms. The molecule has 5 rings (SSSR count). The van der Waals surface area contributed by atoms with Gasteiger partial charge in [-0.25, -0.2) is 13.8 Å². The average Bonchev–Trinajstić information content (AvgIpc) is 3.30. The van der Waals surface area contributed by atoms with Gasteiger partial charge < -0.3 is 19.0 Å². The Kier molecular flexibility index (Phi) is 5.64. The van der Waals surface area contributed by atoms with Gasteiger partial charge in [0.2, 0.25) is 0 Å². The fourth-order valence-corrected chi connectivity index (χ4v) is 5.20. The third kappa shape index (κ3) is 3.86. The maximum atomic E-state index is 14.3. The predicted molar refractivity (Wildman–Crippen MR) is 127 cm³/mol. The number of rotatable bonds is 7. The van der Waals surface area contributed by atoms with Gasteiger partial charge in [-0.15, -0.1) is 0 Å². The van der Waals surface area contributed by atoms with Gasteiger partial charge in [0.15, 0.2) is 0 Å². The highest BCUT2D eigenvalue weighted by atomic mass is 19.3. The van der Waals surface area contributed by atoms with Gasteiger partial charge in [0.25, 0.3) is 5.92 Å². The quantitative estimate of drug-likeness (QED) is 0.412. The van der Waals surface area contributed by atoms with Crippen LogP contribution in [-0.4, -0.2) is 44.8 Å². The molecule has 2 aromatic carbocycles. The first-order valence-electron chi connectivity index (χ1n) is 11.5. The van der Waals surface area contributed by atoms with Gasteiger partial charge >= 0.3 is 5.97 Å². The molecular formula is C26H27F2N3O3. The number of carbonyl (C=O) groups is 1. The zero-order valence-electron chi connectivity index (χ0n) is 19.3. The molecule has 1 aliphatic rings. The van der Waals surface area contributed by atoms with E-state index in [0.29, 0.717) is 36.5 Å². The lowest BCUT2D eigenvalue weighted by Gasteiger charge is -2.23. The van der Waals surface area contributed by atoms with Crippen LogP contribution in [0, 0.1) is 0 Å². The summed E-state index contributed by atoms with van der Waals surface area (Å²) >= 11 is 0. The topological polar surface area (TPSA) is 69.3 Å². The number of ether oxygens (including phenoxy) is 1. The number of aryl methyl sites for hydroxylation is 1. The Morgan fingerprint density at radius 2 is 1.97 bits per heavy atom. The molecule has 6 nitrogen and oxygen atoms in total. The number of hydrogen-bond acceptors (Lipinski definition) is 3. The Bertz CT molecular complexity index is 1400. The van der Waals surface area contributed by atoms with E-state index in [2.05, 4.69) is 4.57 Å². The van der Waals surface area contributed by atoms with E-state index in [1.165, 1.54) is 0 Å². The van der Waals surface area contributed by atoms with Gasteiger partial charge in [-0.1, -0.05) is 6.07 Å². The second-order valence-corrected chi connectivity index (χ2v) is 8.91. The van der Waals surface area contributed by atoms with E-state index >= 15 is 0 Å². The standard InChI is InChI=1S/C26H27F2N3O3/c1-3-30-21-7-5-17(14-18(21)19-15-26(27,28)9-8-22(19)30)25-29-20-12-16(13-24(32)33)4-6-23(20)31(25)10-11-34-2/h4-7,12,14H,3,8-11,13,15H2,1-2H3,(H,32,33). The fourth-order valence-electron chi connectivity index (χ4n) is 5.20. The molecule has 1 aliphatic carbocycles. The number of alkyl halides is 2. The number of aliphatic carboxylic acids is 1. The van der Waals surface area contributed by atoms with Crippen LogP contribution >= 0.6 is 0 Å². The largest absolute Gasteiger partial charge is 0.481 e. The molecule has 0 fully saturated rings. The van der Waals surface area contributed by atoms with E-state index in [9.17, 15) is 13.6 Å². The number of hydrogen-bond donors (Lipinski definition) is 1. The SMILES string of the molecule is CCn1c2c(c3cc(-c4nc5cc(CC(=O)O)ccc5n4CCOC)ccc31)CC(F)(F)CC2. The summed E-state index contributed by atoms with van der Waals surface area (Å²) in [5.41, 5.74) is 5.80. The van der Waals surface area contributed by atoms with Crippen LogP contribution in [0.5, 0.6) is 0 Å². The molecule has 0 aliphatic heterocycles. The summed E-state index contributed by atoms with van der Waals surface area (Å²) in [4.78, 5) is 16.0. The number of aromatic nitrogens is 3. The Morgan fingerprint density at radius 1 is 1.18 bits per heavy atom. The fraction of sp³-hybridized carbons (Fsp3) is 0.385. The van der Waals surface area contributed by atoms with Gasteiger partial charge in [-0.3, -0.25) is 4.79 Å². The van der Waals surface area contributed by atoms with E-state index in [4.69, 9.17) is 14.8 Å². The lowest BCUT2D eigenvalue weighted by atomic mass is 9.92. The van der Waals surface area contributed by atoms with Crippen LogP contribution in [0.1, 0.15) is 30.2 Å². The summed E-state index contributed by atoms with van der Waals surface area (Å²) in [7, 11) is 1.63. The molecule has 178 valence electrons. The van der Waals surface area contributed by atoms with Crippen molar-refractivity contribution in [2.75, 3.05) is 13.7 Å². The smallest absolute Gasteiger partial charge is 0.307 e. The molecule has 4 aromatic rings. The van der Waals surface area contributed by atoms with Crippen molar-refractivity contribution in [3.05, 3.63) is 53.2 Å². The van der Waals surface area contributed by atoms with Crippen molar-refractivity contribution in [3.8, 4) is 11.4 Å². The van der Waals surface area contributed by atoms with Crippen LogP contribution < -0.4 is 0 Å². The van der Waals surface area contributed by atoms with Crippen LogP contribution in [0.15, 0.2) is 36.4 Å². The molecule has 0 unspecified atom stereocenters. The van der Waals surface area contributed by atoms with Crippen molar-refractivity contribution in [3.63, 3.8) is 0 Å². The Balaban J connectivity index is 1.68. The second-order valence-electron chi connectivity index (χ2n) is 8.91. The molecule has 0 amide bonds. The lowest BCUT2D eigenvalue weighted by molar-refractivity contribution is -0.136. The van der Waals surface area contributed by atoms with Crippen LogP contribution in [0.4, 0.5) is 8.78 Å². The minimum Gasteiger partial charge on any atom is -0.481 e. The normalized spacial score (nSPS) is 15.2. The van der Waals surface area contributed by atoms with E-state index < -0.39 is 11.9 Å². The molecule has 1 N–H and O–H groups in total. The number of nitrogens with zero attached hydrogens (tertiary/aromatic N) is 3. The first-order chi connectivity index (χ1) is 16.3. The van der Waals surface area contributed by atoms with Crippen LogP contribution in [0.3, 0.4) is 0 Å². The van der Waals surface area contributed by atoms with Crippen molar-refractivity contribution in [2.24, 2.45) is 0 Å². The summed E-state index contributed by atoms with van der Waals surface area (Å²) < 4.78 is 38.2. The zero-order valence-corrected chi connectivity index (χ0v) is 19.3. The molecule has 2 aromatic heterocycles. The van der Waals surface area contributed by atoms with Gasteiger partial charge in [0.1, 0.15) is 5.82 Å². The van der Waals surface area contributed by atoms with E-state index in [1.54, 1.807) is 19.2 Å². The maximum Gasteiger partial charge on any atom is 0.307 e. The Morgan fingerprint density at radius 3 is 2.71 bits per heavy atom. The van der Waals surface area contributed by atoms with Gasteiger partial charge in [-0.2, -0.15) is 0 Å². The van der Waals surface area contributed by atoms with Gasteiger partial charge in [0, 0.05) is 55.2 Å². The number of fused-ring (bicyclic) bond motifs is 4. The molecule has 34 heavy (non-hydrogen) atoms. The molecular weight excluding hydrogens is 440 g/mol. The minimum atomic E-state index is -2.69. The third-order valence-corrected chi connectivity index (χ3v) is 6.71. The van der Waals surface area contributed by atoms with Crippen molar-refractivity contribution in [1.82, 2.24) is 14.1 Å².